The Balaban J connectivity index is 1.44. The highest BCUT2D eigenvalue weighted by Gasteiger charge is 2.41. The summed E-state index contributed by atoms with van der Waals surface area (Å²) in [6.07, 6.45) is 0.0404. The van der Waals surface area contributed by atoms with E-state index in [0.717, 1.165) is 39.6 Å². The second-order valence-corrected chi connectivity index (χ2v) is 29.6. The average molecular weight is 1560 g/mol. The summed E-state index contributed by atoms with van der Waals surface area (Å²) < 4.78 is 0. The fourth-order valence-electron chi connectivity index (χ4n) is 11.9. The number of aromatic amines is 2. The highest BCUT2D eigenvalue weighted by molar-refractivity contribution is 8.76. The summed E-state index contributed by atoms with van der Waals surface area (Å²) in [4.78, 5) is 221. The highest BCUT2D eigenvalue weighted by Crippen LogP contribution is 2.30. The minimum Gasteiger partial charge on any atom is -0.481 e. The van der Waals surface area contributed by atoms with Gasteiger partial charge in [0, 0.05) is 66.3 Å². The van der Waals surface area contributed by atoms with Crippen LogP contribution in [0.4, 0.5) is 0 Å². The molecule has 0 saturated carbocycles. The zero-order valence-corrected chi connectivity index (χ0v) is 62.6. The van der Waals surface area contributed by atoms with Gasteiger partial charge in [0.15, 0.2) is 12.0 Å². The van der Waals surface area contributed by atoms with E-state index in [0.29, 0.717) is 22.9 Å². The van der Waals surface area contributed by atoms with Gasteiger partial charge in [-0.2, -0.15) is 0 Å². The van der Waals surface area contributed by atoms with Crippen molar-refractivity contribution in [3.63, 3.8) is 0 Å². The van der Waals surface area contributed by atoms with Crippen molar-refractivity contribution in [2.24, 2.45) is 35.0 Å². The summed E-state index contributed by atoms with van der Waals surface area (Å²) in [5.74, 6) is -20.0. The van der Waals surface area contributed by atoms with E-state index in [9.17, 15) is 82.4 Å². The molecule has 14 atom stereocenters. The Morgan fingerprint density at radius 3 is 1.90 bits per heavy atom. The number of aliphatic hydroxyl groups is 1. The number of imidazole rings is 1. The molecular weight excluding hydrogens is 1460 g/mol. The number of rotatable bonds is 23. The SMILES string of the molecule is CC[C@H](C)[C@H](N)C(=O)N[C@H]1CSSC[C@@H](C(=O)N[C@H](C(=O)O)[C@@H](C)O)NC(=O)[C@H](CCCNC(=N)N)NC(=O)[C@H](Cc2cnc[nH]2)NC(=O)[C@H](C)NC(=O)CNC(=O)[C@H](Cc2c[nH]c3ccccc23)NC(=O)[C@H](CC(=O)O)NC(=O)[C@H](CCC(N)=O)NC(=O)[C@H](C2Cc3ccccc3C2)NC(=O)[C@H](C(C)C)NC1=O. The van der Waals surface area contributed by atoms with Gasteiger partial charge in [-0.25, -0.2) is 9.78 Å². The standard InChI is InChI=1S/C69H98N20O18S2/c1-7-33(4)53(71)65(103)86-49-30-109-108-29-48(64(102)88-55(35(6)90)68(106)107)85-59(97)43(17-12-20-75-69(72)73)80-61(99)46(24-40-27-74-31-78-40)82-57(95)34(5)79-51(92)28-77-58(96)45(23-39-26-76-42-16-11-10-15-41(39)42)83-62(100)47(25-52(93)94)84-60(98)44(18-19-50(70)91)81-67(105)56(38-21-36-13-8-9-14-37(36)22-38)89-66(104)54(32(2)3)87-63(49)101/h8-11,13-16,26-27,31-35,38,43-49,53-56,76,90H,7,12,17-25,28-30,71H2,1-6H3,(H2,70,91)(H,74,78)(H,77,96)(H,79,92)(H,80,99)(H,81,105)(H,82,95)(H,83,100)(H,84,98)(H,85,97)(H,86,103)(H,87,101)(H,88,102)(H,89,104)(H,93,94)(H,106,107)(H4,72,73,75)/t33-,34-,35+,43-,44-,45-,46-,47-,48-,49-,53-,54-,55-,56-/m0/s1. The molecule has 6 rings (SSSR count). The summed E-state index contributed by atoms with van der Waals surface area (Å²) in [6, 6.07) is -5.72. The van der Waals surface area contributed by atoms with Gasteiger partial charge in [0.05, 0.1) is 31.4 Å². The summed E-state index contributed by atoms with van der Waals surface area (Å²) in [5, 5.41) is 71.6. The van der Waals surface area contributed by atoms with Gasteiger partial charge in [0.1, 0.15) is 60.4 Å². The molecule has 0 radical (unpaired) electrons. The fourth-order valence-corrected chi connectivity index (χ4v) is 14.2. The van der Waals surface area contributed by atoms with Crippen LogP contribution in [-0.4, -0.2) is 228 Å². The number of benzene rings is 2. The van der Waals surface area contributed by atoms with Crippen LogP contribution in [-0.2, 0) is 97.6 Å². The Morgan fingerprint density at radius 1 is 0.679 bits per heavy atom. The maximum atomic E-state index is 15.1. The van der Waals surface area contributed by atoms with Crippen molar-refractivity contribution in [3.8, 4) is 0 Å². The monoisotopic (exact) mass is 1560 g/mol. The number of amides is 13. The van der Waals surface area contributed by atoms with Gasteiger partial charge in [-0.15, -0.1) is 0 Å². The number of para-hydroxylation sites is 1. The molecule has 1 fully saturated rings. The van der Waals surface area contributed by atoms with E-state index < -0.39 is 223 Å². The largest absolute Gasteiger partial charge is 0.481 e. The molecule has 40 heteroatoms. The molecule has 25 N–H and O–H groups in total. The van der Waals surface area contributed by atoms with Crippen LogP contribution in [0.5, 0.6) is 0 Å². The third kappa shape index (κ3) is 26.8. The Labute approximate surface area is 634 Å². The molecule has 1 saturated heterocycles. The predicted molar refractivity (Wildman–Crippen MR) is 398 cm³/mol. The first-order valence-corrected chi connectivity index (χ1v) is 37.8. The second kappa shape index (κ2) is 42.0. The lowest BCUT2D eigenvalue weighted by Crippen LogP contribution is -2.62. The van der Waals surface area contributed by atoms with E-state index in [2.05, 4.69) is 84.1 Å². The molecule has 13 amide bonds. The topological polar surface area (TPSA) is 620 Å². The van der Waals surface area contributed by atoms with E-state index in [4.69, 9.17) is 22.6 Å². The van der Waals surface area contributed by atoms with Crippen LogP contribution in [0, 0.1) is 23.2 Å². The summed E-state index contributed by atoms with van der Waals surface area (Å²) in [5.41, 5.74) is 20.4. The number of aromatic nitrogens is 3. The lowest BCUT2D eigenvalue weighted by molar-refractivity contribution is -0.145. The van der Waals surface area contributed by atoms with Gasteiger partial charge in [0.2, 0.25) is 76.8 Å². The molecule has 0 spiro atoms. The molecule has 0 unspecified atom stereocenters. The maximum absolute atomic E-state index is 15.1. The van der Waals surface area contributed by atoms with E-state index >= 15 is 4.79 Å². The summed E-state index contributed by atoms with van der Waals surface area (Å²) >= 11 is 0. The normalized spacial score (nSPS) is 23.8. The van der Waals surface area contributed by atoms with Crippen LogP contribution >= 0.6 is 21.6 Å². The molecular formula is C69H98N20O18S2. The van der Waals surface area contributed by atoms with Gasteiger partial charge < -0.3 is 112 Å². The van der Waals surface area contributed by atoms with Crippen LogP contribution in [0.2, 0.25) is 0 Å². The number of carbonyl (C=O) groups is 15. The van der Waals surface area contributed by atoms with Crippen LogP contribution in [0.15, 0.2) is 67.3 Å². The third-order valence-electron chi connectivity index (χ3n) is 18.3. The van der Waals surface area contributed by atoms with Crippen molar-refractivity contribution in [1.29, 1.82) is 5.41 Å². The number of hydrogen-bond donors (Lipinski definition) is 22. The van der Waals surface area contributed by atoms with Gasteiger partial charge in [-0.1, -0.05) is 98.2 Å². The Morgan fingerprint density at radius 2 is 1.28 bits per heavy atom. The molecule has 1 aliphatic heterocycles. The Hall–Kier alpha value is -10.9. The van der Waals surface area contributed by atoms with Gasteiger partial charge in [0.25, 0.3) is 0 Å². The zero-order chi connectivity index (χ0) is 80.3. The number of guanidine groups is 1. The Kier molecular flexibility index (Phi) is 33.6. The summed E-state index contributed by atoms with van der Waals surface area (Å²) in [6.45, 7) is 7.99. The van der Waals surface area contributed by atoms with Crippen LogP contribution < -0.4 is 86.3 Å². The van der Waals surface area contributed by atoms with Crippen molar-refractivity contribution in [1.82, 2.24) is 84.1 Å². The van der Waals surface area contributed by atoms with Crippen molar-refractivity contribution in [2.75, 3.05) is 24.6 Å². The van der Waals surface area contributed by atoms with E-state index in [1.807, 2.05) is 0 Å². The van der Waals surface area contributed by atoms with Crippen LogP contribution in [0.1, 0.15) is 102 Å². The lowest BCUT2D eigenvalue weighted by atomic mass is 9.93. The second-order valence-electron chi connectivity index (χ2n) is 27.1. The molecule has 2 aliphatic rings. The van der Waals surface area contributed by atoms with Crippen molar-refractivity contribution in [2.45, 2.75) is 184 Å². The molecule has 109 heavy (non-hydrogen) atoms. The first kappa shape index (κ1) is 87.0. The first-order valence-electron chi connectivity index (χ1n) is 35.3. The van der Waals surface area contributed by atoms with Crippen molar-refractivity contribution < 1.29 is 87.2 Å². The summed E-state index contributed by atoms with van der Waals surface area (Å²) in [7, 11) is 1.67. The fraction of sp³-hybridized carbons (Fsp3) is 0.522. The molecule has 3 heterocycles. The predicted octanol–water partition coefficient (Wildman–Crippen LogP) is -4.55. The number of nitrogens with two attached hydrogens (primary N) is 3. The number of aliphatic carboxylic acids is 2. The molecule has 594 valence electrons. The molecule has 4 aromatic rings. The minimum atomic E-state index is -2.03. The Bertz CT molecular complexity index is 3910. The number of primary amides is 1. The number of nitrogens with one attached hydrogen (secondary N) is 16. The average Bonchev–Trinajstić information content (AvgIpc) is 1.70. The number of carboxylic acid groups (broad SMARTS) is 2. The third-order valence-corrected chi connectivity index (χ3v) is 20.7. The van der Waals surface area contributed by atoms with Crippen molar-refractivity contribution >= 4 is 127 Å². The van der Waals surface area contributed by atoms with E-state index in [1.165, 1.54) is 25.6 Å². The van der Waals surface area contributed by atoms with E-state index in [-0.39, 0.29) is 56.5 Å². The quantitative estimate of drug-likeness (QED) is 0.0144. The van der Waals surface area contributed by atoms with E-state index in [1.54, 1.807) is 76.2 Å². The number of nitrogens with zero attached hydrogens (tertiary/aromatic N) is 1. The van der Waals surface area contributed by atoms with Gasteiger partial charge in [-0.05, 0) is 86.5 Å². The number of carbonyl (C=O) groups excluding carboxylic acids is 13. The molecule has 0 bridgehead atoms. The molecule has 2 aromatic heterocycles. The number of carboxylic acids is 2. The lowest BCUT2D eigenvalue weighted by Gasteiger charge is -2.31. The highest BCUT2D eigenvalue weighted by atomic mass is 33.1. The van der Waals surface area contributed by atoms with Gasteiger partial charge >= 0.3 is 11.9 Å². The smallest absolute Gasteiger partial charge is 0.328 e. The minimum absolute atomic E-state index is 0.000175. The maximum Gasteiger partial charge on any atom is 0.328 e. The molecule has 38 nitrogen and oxygen atoms in total. The number of hydrogen-bond acceptors (Lipinski definition) is 21. The van der Waals surface area contributed by atoms with Crippen molar-refractivity contribution in [3.05, 3.63) is 89.6 Å². The number of fused-ring (bicyclic) bond motifs is 2. The molecule has 1 aliphatic carbocycles. The first-order chi connectivity index (χ1) is 51.6. The zero-order valence-electron chi connectivity index (χ0n) is 60.9. The molecule has 2 aromatic carbocycles. The van der Waals surface area contributed by atoms with Crippen LogP contribution in [0.3, 0.4) is 0 Å². The number of H-pyrrole nitrogens is 2. The van der Waals surface area contributed by atoms with Gasteiger partial charge in [-0.3, -0.25) is 72.5 Å². The number of aliphatic hydroxyl groups excluding tert-OH is 1. The van der Waals surface area contributed by atoms with Crippen LogP contribution in [0.25, 0.3) is 10.9 Å².